The monoisotopic (exact) mass is 459 g/mol. The highest BCUT2D eigenvalue weighted by Gasteiger charge is 2.35. The van der Waals surface area contributed by atoms with Gasteiger partial charge in [0.1, 0.15) is 17.4 Å². The Hall–Kier alpha value is -2.55. The van der Waals surface area contributed by atoms with E-state index in [-0.39, 0.29) is 12.1 Å². The number of aromatic nitrogens is 3. The average Bonchev–Trinajstić information content (AvgIpc) is 3.41. The van der Waals surface area contributed by atoms with E-state index in [2.05, 4.69) is 22.2 Å². The second-order valence-corrected chi connectivity index (χ2v) is 8.17. The third kappa shape index (κ3) is 4.48. The molecule has 3 heterocycles. The molecule has 0 bridgehead atoms. The van der Waals surface area contributed by atoms with Crippen molar-refractivity contribution in [1.29, 1.82) is 0 Å². The first kappa shape index (κ1) is 22.6. The Morgan fingerprint density at radius 3 is 2.78 bits per heavy atom. The van der Waals surface area contributed by atoms with E-state index in [1.54, 1.807) is 19.4 Å². The molecule has 9 heteroatoms. The zero-order valence-electron chi connectivity index (χ0n) is 19.0. The van der Waals surface area contributed by atoms with Gasteiger partial charge in [-0.15, -0.1) is 0 Å². The maximum absolute atomic E-state index is 6.48. The predicted octanol–water partition coefficient (Wildman–Crippen LogP) is 4.46. The number of rotatable bonds is 9. The van der Waals surface area contributed by atoms with Crippen molar-refractivity contribution in [3.8, 4) is 5.75 Å². The van der Waals surface area contributed by atoms with Crippen LogP contribution in [-0.2, 0) is 9.47 Å². The Balaban J connectivity index is 1.74. The normalized spacial score (nSPS) is 18.5. The fourth-order valence-electron chi connectivity index (χ4n) is 4.22. The fourth-order valence-corrected chi connectivity index (χ4v) is 4.44. The minimum Gasteiger partial charge on any atom is -0.497 e. The van der Waals surface area contributed by atoms with Gasteiger partial charge >= 0.3 is 0 Å². The molecular formula is C23H30ClN5O3. The number of benzene rings is 1. The largest absolute Gasteiger partial charge is 0.497 e. The molecule has 172 valence electrons. The van der Waals surface area contributed by atoms with Gasteiger partial charge in [-0.05, 0) is 39.3 Å². The molecule has 1 N–H and O–H groups in total. The van der Waals surface area contributed by atoms with Crippen LogP contribution >= 0.6 is 11.6 Å². The Labute approximate surface area is 193 Å². The molecule has 0 amide bonds. The lowest BCUT2D eigenvalue weighted by molar-refractivity contribution is 0.0700. The van der Waals surface area contributed by atoms with E-state index in [9.17, 15) is 0 Å². The van der Waals surface area contributed by atoms with E-state index >= 15 is 0 Å². The van der Waals surface area contributed by atoms with E-state index < -0.39 is 0 Å². The minimum absolute atomic E-state index is 0.149. The molecule has 1 aromatic carbocycles. The van der Waals surface area contributed by atoms with Crippen LogP contribution in [0.5, 0.6) is 5.75 Å². The topological polar surface area (TPSA) is 73.2 Å². The standard InChI is InChI=1S/C23H30ClN5O3/c1-5-31-14-16-11-18(32-6-2)13-28(16)23-15(3)22(27-21-9-10-25-29(21)23)26-20-8-7-17(30-4)12-19(20)24/h7-10,12,16,18H,5-6,11,13-14H2,1-4H3,(H,26,27)/t16-,18+/m0/s1. The zero-order valence-corrected chi connectivity index (χ0v) is 19.7. The van der Waals surface area contributed by atoms with E-state index in [0.717, 1.165) is 41.5 Å². The maximum atomic E-state index is 6.48. The molecule has 1 saturated heterocycles. The van der Waals surface area contributed by atoms with Gasteiger partial charge < -0.3 is 24.4 Å². The first-order valence-electron chi connectivity index (χ1n) is 11.0. The van der Waals surface area contributed by atoms with Crippen molar-refractivity contribution in [2.75, 3.05) is 43.7 Å². The first-order chi connectivity index (χ1) is 15.5. The lowest BCUT2D eigenvalue weighted by Gasteiger charge is -2.29. The molecule has 0 aliphatic carbocycles. The number of methoxy groups -OCH3 is 1. The average molecular weight is 460 g/mol. The van der Waals surface area contributed by atoms with Crippen LogP contribution in [0.25, 0.3) is 5.65 Å². The summed E-state index contributed by atoms with van der Waals surface area (Å²) in [6, 6.07) is 7.63. The number of nitrogens with zero attached hydrogens (tertiary/aromatic N) is 4. The molecule has 0 spiro atoms. The Morgan fingerprint density at radius 1 is 1.22 bits per heavy atom. The smallest absolute Gasteiger partial charge is 0.159 e. The van der Waals surface area contributed by atoms with Crippen LogP contribution in [0, 0.1) is 6.92 Å². The molecule has 2 aromatic heterocycles. The molecular weight excluding hydrogens is 430 g/mol. The Bertz CT molecular complexity index is 1070. The van der Waals surface area contributed by atoms with E-state index in [4.69, 9.17) is 30.8 Å². The molecule has 3 aromatic rings. The van der Waals surface area contributed by atoms with Crippen molar-refractivity contribution >= 4 is 34.6 Å². The Kier molecular flexibility index (Phi) is 7.03. The minimum atomic E-state index is 0.149. The summed E-state index contributed by atoms with van der Waals surface area (Å²) < 4.78 is 18.9. The quantitative estimate of drug-likeness (QED) is 0.506. The summed E-state index contributed by atoms with van der Waals surface area (Å²) in [6.45, 7) is 8.88. The van der Waals surface area contributed by atoms with Crippen molar-refractivity contribution in [2.45, 2.75) is 39.3 Å². The lowest BCUT2D eigenvalue weighted by atomic mass is 10.2. The summed E-state index contributed by atoms with van der Waals surface area (Å²) in [5, 5.41) is 8.52. The first-order valence-corrected chi connectivity index (χ1v) is 11.3. The highest BCUT2D eigenvalue weighted by atomic mass is 35.5. The van der Waals surface area contributed by atoms with Crippen LogP contribution in [-0.4, -0.2) is 60.2 Å². The van der Waals surface area contributed by atoms with Gasteiger partial charge in [0.25, 0.3) is 0 Å². The molecule has 2 atom stereocenters. The van der Waals surface area contributed by atoms with Gasteiger partial charge in [0.2, 0.25) is 0 Å². The van der Waals surface area contributed by atoms with Crippen molar-refractivity contribution in [3.63, 3.8) is 0 Å². The zero-order chi connectivity index (χ0) is 22.7. The molecule has 1 aliphatic heterocycles. The second-order valence-electron chi connectivity index (χ2n) is 7.76. The number of anilines is 3. The van der Waals surface area contributed by atoms with Crippen LogP contribution in [0.4, 0.5) is 17.3 Å². The SMILES string of the molecule is CCOC[C@@H]1C[C@@H](OCC)CN1c1c(C)c(Nc2ccc(OC)cc2Cl)nc2ccnn12. The van der Waals surface area contributed by atoms with Crippen LogP contribution < -0.4 is 15.0 Å². The Morgan fingerprint density at radius 2 is 2.06 bits per heavy atom. The van der Waals surface area contributed by atoms with Crippen LogP contribution in [0.1, 0.15) is 25.8 Å². The highest BCUT2D eigenvalue weighted by molar-refractivity contribution is 6.33. The van der Waals surface area contributed by atoms with Gasteiger partial charge in [0.05, 0.1) is 42.8 Å². The van der Waals surface area contributed by atoms with Crippen molar-refractivity contribution in [3.05, 3.63) is 41.0 Å². The summed E-state index contributed by atoms with van der Waals surface area (Å²) in [5.74, 6) is 2.42. The predicted molar refractivity (Wildman–Crippen MR) is 127 cm³/mol. The van der Waals surface area contributed by atoms with E-state index in [1.165, 1.54) is 0 Å². The van der Waals surface area contributed by atoms with Crippen LogP contribution in [0.3, 0.4) is 0 Å². The number of hydrogen-bond acceptors (Lipinski definition) is 7. The number of nitrogens with one attached hydrogen (secondary N) is 1. The fraction of sp³-hybridized carbons (Fsp3) is 0.478. The van der Waals surface area contributed by atoms with Crippen molar-refractivity contribution in [2.24, 2.45) is 0 Å². The maximum Gasteiger partial charge on any atom is 0.159 e. The molecule has 8 nitrogen and oxygen atoms in total. The summed E-state index contributed by atoms with van der Waals surface area (Å²) in [5.41, 5.74) is 2.50. The third-order valence-corrected chi connectivity index (χ3v) is 6.05. The van der Waals surface area contributed by atoms with Crippen molar-refractivity contribution in [1.82, 2.24) is 14.6 Å². The third-order valence-electron chi connectivity index (χ3n) is 5.73. The summed E-state index contributed by atoms with van der Waals surface area (Å²) in [7, 11) is 1.62. The van der Waals surface area contributed by atoms with E-state index in [0.29, 0.717) is 30.6 Å². The number of hydrogen-bond donors (Lipinski definition) is 1. The second kappa shape index (κ2) is 9.94. The van der Waals surface area contributed by atoms with Gasteiger partial charge in [-0.25, -0.2) is 4.98 Å². The summed E-state index contributed by atoms with van der Waals surface area (Å²) in [6.07, 6.45) is 2.82. The molecule has 1 fully saturated rings. The molecule has 0 radical (unpaired) electrons. The highest BCUT2D eigenvalue weighted by Crippen LogP contribution is 2.36. The molecule has 0 saturated carbocycles. The van der Waals surface area contributed by atoms with E-state index in [1.807, 2.05) is 36.6 Å². The van der Waals surface area contributed by atoms with Crippen molar-refractivity contribution < 1.29 is 14.2 Å². The molecule has 1 aliphatic rings. The number of ether oxygens (including phenoxy) is 3. The molecule has 32 heavy (non-hydrogen) atoms. The number of fused-ring (bicyclic) bond motifs is 1. The van der Waals surface area contributed by atoms with Gasteiger partial charge in [0.15, 0.2) is 5.65 Å². The summed E-state index contributed by atoms with van der Waals surface area (Å²) in [4.78, 5) is 7.14. The molecule has 4 rings (SSSR count). The lowest BCUT2D eigenvalue weighted by Crippen LogP contribution is -2.35. The number of halogens is 1. The van der Waals surface area contributed by atoms with Crippen LogP contribution in [0.15, 0.2) is 30.5 Å². The van der Waals surface area contributed by atoms with Gasteiger partial charge in [-0.2, -0.15) is 9.61 Å². The van der Waals surface area contributed by atoms with Gasteiger partial charge in [-0.3, -0.25) is 0 Å². The van der Waals surface area contributed by atoms with Crippen LogP contribution in [0.2, 0.25) is 5.02 Å². The van der Waals surface area contributed by atoms with Gasteiger partial charge in [-0.1, -0.05) is 11.6 Å². The summed E-state index contributed by atoms with van der Waals surface area (Å²) >= 11 is 6.48. The van der Waals surface area contributed by atoms with Gasteiger partial charge in [0, 0.05) is 37.5 Å². The molecule has 0 unspecified atom stereocenters.